The summed E-state index contributed by atoms with van der Waals surface area (Å²) in [5.74, 6) is 0.523. The van der Waals surface area contributed by atoms with Crippen molar-refractivity contribution in [1.29, 1.82) is 0 Å². The lowest BCUT2D eigenvalue weighted by molar-refractivity contribution is 0.300. The molecule has 1 aliphatic rings. The van der Waals surface area contributed by atoms with Crippen LogP contribution < -0.4 is 0 Å². The molecule has 0 aromatic heterocycles. The van der Waals surface area contributed by atoms with Crippen LogP contribution >= 0.6 is 15.9 Å². The van der Waals surface area contributed by atoms with E-state index in [4.69, 9.17) is 0 Å². The highest BCUT2D eigenvalue weighted by Gasteiger charge is 2.32. The number of sulfonamides is 1. The Hall–Kier alpha value is -0.390. The molecule has 1 heterocycles. The normalized spacial score (nSPS) is 26.2. The highest BCUT2D eigenvalue weighted by Crippen LogP contribution is 2.27. The van der Waals surface area contributed by atoms with Crippen LogP contribution in [-0.4, -0.2) is 30.6 Å². The van der Waals surface area contributed by atoms with Crippen molar-refractivity contribution in [3.05, 3.63) is 29.8 Å². The second-order valence-electron chi connectivity index (χ2n) is 4.96. The summed E-state index contributed by atoms with van der Waals surface area (Å²) in [6.45, 7) is 5.26. The molecule has 2 unspecified atom stereocenters. The lowest BCUT2D eigenvalue weighted by atomic mass is 10.0. The zero-order valence-electron chi connectivity index (χ0n) is 10.6. The van der Waals surface area contributed by atoms with Gasteiger partial charge in [0, 0.05) is 17.9 Å². The Labute approximate surface area is 117 Å². The van der Waals surface area contributed by atoms with E-state index in [-0.39, 0.29) is 4.83 Å². The summed E-state index contributed by atoms with van der Waals surface area (Å²) in [5.41, 5.74) is 1.07. The van der Waals surface area contributed by atoms with Gasteiger partial charge in [-0.3, -0.25) is 0 Å². The Morgan fingerprint density at radius 3 is 2.44 bits per heavy atom. The first-order valence-electron chi connectivity index (χ1n) is 6.12. The van der Waals surface area contributed by atoms with Crippen molar-refractivity contribution in [3.8, 4) is 0 Å². The van der Waals surface area contributed by atoms with Gasteiger partial charge in [0.25, 0.3) is 0 Å². The van der Waals surface area contributed by atoms with Crippen molar-refractivity contribution >= 4 is 26.0 Å². The Bertz CT molecular complexity index is 512. The topological polar surface area (TPSA) is 37.4 Å². The van der Waals surface area contributed by atoms with Crippen LogP contribution in [0, 0.1) is 12.8 Å². The number of benzene rings is 1. The second kappa shape index (κ2) is 5.31. The molecule has 5 heteroatoms. The largest absolute Gasteiger partial charge is 0.243 e. The summed E-state index contributed by atoms with van der Waals surface area (Å²) in [4.78, 5) is 0.633. The molecular weight excluding hydrogens is 314 g/mol. The van der Waals surface area contributed by atoms with Crippen molar-refractivity contribution in [3.63, 3.8) is 0 Å². The third-order valence-electron chi connectivity index (χ3n) is 3.49. The molecule has 3 nitrogen and oxygen atoms in total. The molecule has 0 amide bonds. The molecule has 18 heavy (non-hydrogen) atoms. The minimum Gasteiger partial charge on any atom is -0.207 e. The first-order chi connectivity index (χ1) is 8.41. The summed E-state index contributed by atoms with van der Waals surface area (Å²) in [6.07, 6.45) is 0.904. The minimum absolute atomic E-state index is 0.242. The fraction of sp³-hybridized carbons (Fsp3) is 0.538. The van der Waals surface area contributed by atoms with Gasteiger partial charge >= 0.3 is 0 Å². The molecule has 0 N–H and O–H groups in total. The number of piperidine rings is 1. The maximum absolute atomic E-state index is 12.5. The molecule has 1 aliphatic heterocycles. The number of nitrogens with zero attached hydrogens (tertiary/aromatic N) is 1. The van der Waals surface area contributed by atoms with Crippen LogP contribution in [0.1, 0.15) is 18.9 Å². The molecule has 0 bridgehead atoms. The molecule has 0 spiro atoms. The van der Waals surface area contributed by atoms with E-state index < -0.39 is 10.0 Å². The second-order valence-corrected chi connectivity index (χ2v) is 8.07. The van der Waals surface area contributed by atoms with Crippen molar-refractivity contribution in [2.45, 2.75) is 30.0 Å². The highest BCUT2D eigenvalue weighted by molar-refractivity contribution is 9.09. The Morgan fingerprint density at radius 1 is 1.28 bits per heavy atom. The molecule has 1 aromatic rings. The van der Waals surface area contributed by atoms with E-state index in [0.29, 0.717) is 23.9 Å². The van der Waals surface area contributed by atoms with E-state index in [2.05, 4.69) is 22.9 Å². The predicted molar refractivity (Wildman–Crippen MR) is 76.4 cm³/mol. The Balaban J connectivity index is 2.24. The van der Waals surface area contributed by atoms with E-state index >= 15 is 0 Å². The van der Waals surface area contributed by atoms with E-state index in [1.165, 1.54) is 0 Å². The van der Waals surface area contributed by atoms with Gasteiger partial charge in [-0.1, -0.05) is 40.5 Å². The lowest BCUT2D eigenvalue weighted by Crippen LogP contribution is -2.43. The highest BCUT2D eigenvalue weighted by atomic mass is 79.9. The first-order valence-corrected chi connectivity index (χ1v) is 8.47. The number of rotatable bonds is 2. The lowest BCUT2D eigenvalue weighted by Gasteiger charge is -2.33. The van der Waals surface area contributed by atoms with Crippen LogP contribution in [0.2, 0.25) is 0 Å². The molecule has 2 atom stereocenters. The van der Waals surface area contributed by atoms with Crippen LogP contribution in [-0.2, 0) is 10.0 Å². The molecule has 2 rings (SSSR count). The predicted octanol–water partition coefficient (Wildman–Crippen LogP) is 2.79. The van der Waals surface area contributed by atoms with Crippen LogP contribution in [0.4, 0.5) is 0 Å². The van der Waals surface area contributed by atoms with Gasteiger partial charge in [-0.15, -0.1) is 0 Å². The van der Waals surface area contributed by atoms with Gasteiger partial charge in [0.05, 0.1) is 4.90 Å². The Kier molecular flexibility index (Phi) is 4.14. The molecule has 1 saturated heterocycles. The van der Waals surface area contributed by atoms with Gasteiger partial charge in [-0.2, -0.15) is 4.31 Å². The third kappa shape index (κ3) is 2.78. The van der Waals surface area contributed by atoms with Gasteiger partial charge in [0.2, 0.25) is 10.0 Å². The standard InChI is InChI=1S/C13H18BrNO2S/c1-10-3-5-12(6-4-10)18(16,17)15-8-7-11(2)13(14)9-15/h3-6,11,13H,7-9H2,1-2H3. The summed E-state index contributed by atoms with van der Waals surface area (Å²) in [7, 11) is -3.33. The maximum Gasteiger partial charge on any atom is 0.243 e. The summed E-state index contributed by atoms with van der Waals surface area (Å²) >= 11 is 3.56. The monoisotopic (exact) mass is 331 g/mol. The fourth-order valence-electron chi connectivity index (χ4n) is 2.07. The molecule has 0 aliphatic carbocycles. The molecular formula is C13H18BrNO2S. The van der Waals surface area contributed by atoms with E-state index in [0.717, 1.165) is 12.0 Å². The molecule has 0 saturated carbocycles. The first kappa shape index (κ1) is 14.0. The number of hydrogen-bond donors (Lipinski definition) is 0. The average molecular weight is 332 g/mol. The zero-order chi connectivity index (χ0) is 13.3. The van der Waals surface area contributed by atoms with Crippen molar-refractivity contribution in [2.24, 2.45) is 5.92 Å². The van der Waals surface area contributed by atoms with Crippen LogP contribution in [0.25, 0.3) is 0 Å². The van der Waals surface area contributed by atoms with Gasteiger partial charge < -0.3 is 0 Å². The SMILES string of the molecule is Cc1ccc(S(=O)(=O)N2CCC(C)C(Br)C2)cc1. The molecule has 100 valence electrons. The summed E-state index contributed by atoms with van der Waals surface area (Å²) in [5, 5.41) is 0. The molecule has 1 aromatic carbocycles. The third-order valence-corrected chi connectivity index (χ3v) is 6.56. The summed E-state index contributed by atoms with van der Waals surface area (Å²) in [6, 6.07) is 7.05. The van der Waals surface area contributed by atoms with Gasteiger partial charge in [-0.05, 0) is 31.4 Å². The number of halogens is 1. The van der Waals surface area contributed by atoms with E-state index in [1.54, 1.807) is 16.4 Å². The van der Waals surface area contributed by atoms with E-state index in [1.807, 2.05) is 19.1 Å². The summed E-state index contributed by atoms with van der Waals surface area (Å²) < 4.78 is 26.5. The maximum atomic E-state index is 12.5. The zero-order valence-corrected chi connectivity index (χ0v) is 13.0. The van der Waals surface area contributed by atoms with Crippen LogP contribution in [0.15, 0.2) is 29.2 Å². The van der Waals surface area contributed by atoms with Crippen LogP contribution in [0.3, 0.4) is 0 Å². The van der Waals surface area contributed by atoms with Gasteiger partial charge in [0.1, 0.15) is 0 Å². The number of hydrogen-bond acceptors (Lipinski definition) is 2. The molecule has 0 radical (unpaired) electrons. The smallest absolute Gasteiger partial charge is 0.207 e. The minimum atomic E-state index is -3.33. The fourth-order valence-corrected chi connectivity index (χ4v) is 4.36. The van der Waals surface area contributed by atoms with Crippen molar-refractivity contribution in [1.82, 2.24) is 4.31 Å². The van der Waals surface area contributed by atoms with Crippen molar-refractivity contribution in [2.75, 3.05) is 13.1 Å². The molecule has 1 fully saturated rings. The van der Waals surface area contributed by atoms with Crippen LogP contribution in [0.5, 0.6) is 0 Å². The van der Waals surface area contributed by atoms with Gasteiger partial charge in [-0.25, -0.2) is 8.42 Å². The van der Waals surface area contributed by atoms with Crippen molar-refractivity contribution < 1.29 is 8.42 Å². The Morgan fingerprint density at radius 2 is 1.89 bits per heavy atom. The average Bonchev–Trinajstić information content (AvgIpc) is 2.33. The number of alkyl halides is 1. The number of aryl methyl sites for hydroxylation is 1. The quantitative estimate of drug-likeness (QED) is 0.781. The van der Waals surface area contributed by atoms with E-state index in [9.17, 15) is 8.42 Å². The van der Waals surface area contributed by atoms with Gasteiger partial charge in [0.15, 0.2) is 0 Å².